The van der Waals surface area contributed by atoms with Crippen molar-refractivity contribution in [3.05, 3.63) is 63.4 Å². The third-order valence-corrected chi connectivity index (χ3v) is 5.34. The van der Waals surface area contributed by atoms with Crippen LogP contribution in [0.1, 0.15) is 16.5 Å². The molecule has 1 unspecified atom stereocenters. The van der Waals surface area contributed by atoms with Crippen LogP contribution in [0.15, 0.2) is 52.3 Å². The summed E-state index contributed by atoms with van der Waals surface area (Å²) in [5.74, 6) is 0.813. The van der Waals surface area contributed by atoms with E-state index in [0.29, 0.717) is 0 Å². The van der Waals surface area contributed by atoms with Crippen LogP contribution in [0.4, 0.5) is 0 Å². The molecule has 0 amide bonds. The van der Waals surface area contributed by atoms with Crippen LogP contribution in [0.25, 0.3) is 10.1 Å². The normalized spacial score (nSPS) is 12.6. The van der Waals surface area contributed by atoms with E-state index in [-0.39, 0.29) is 5.38 Å². The van der Waals surface area contributed by atoms with Gasteiger partial charge < -0.3 is 4.74 Å². The monoisotopic (exact) mass is 366 g/mol. The fourth-order valence-electron chi connectivity index (χ4n) is 2.21. The first-order chi connectivity index (χ1) is 9.70. The first-order valence-electron chi connectivity index (χ1n) is 6.14. The summed E-state index contributed by atoms with van der Waals surface area (Å²) in [6, 6.07) is 14.3. The van der Waals surface area contributed by atoms with E-state index in [1.165, 1.54) is 10.1 Å². The molecular weight excluding hydrogens is 356 g/mol. The molecule has 0 radical (unpaired) electrons. The van der Waals surface area contributed by atoms with Crippen LogP contribution in [-0.4, -0.2) is 7.11 Å². The fourth-order valence-corrected chi connectivity index (χ4v) is 4.15. The van der Waals surface area contributed by atoms with Crippen molar-refractivity contribution in [1.29, 1.82) is 0 Å². The van der Waals surface area contributed by atoms with Crippen molar-refractivity contribution in [1.82, 2.24) is 0 Å². The van der Waals surface area contributed by atoms with Gasteiger partial charge in [-0.2, -0.15) is 0 Å². The lowest BCUT2D eigenvalue weighted by atomic mass is 10.0. The minimum atomic E-state index is -0.159. The average molecular weight is 368 g/mol. The van der Waals surface area contributed by atoms with Gasteiger partial charge in [-0.25, -0.2) is 0 Å². The molecule has 1 heterocycles. The van der Waals surface area contributed by atoms with Gasteiger partial charge in [0.25, 0.3) is 0 Å². The van der Waals surface area contributed by atoms with Crippen molar-refractivity contribution < 1.29 is 4.74 Å². The van der Waals surface area contributed by atoms with Gasteiger partial charge in [0.2, 0.25) is 0 Å². The zero-order valence-electron chi connectivity index (χ0n) is 10.8. The Kier molecular flexibility index (Phi) is 4.01. The molecule has 1 aromatic heterocycles. The summed E-state index contributed by atoms with van der Waals surface area (Å²) < 4.78 is 7.44. The maximum atomic E-state index is 6.66. The lowest BCUT2D eigenvalue weighted by Crippen LogP contribution is -1.93. The van der Waals surface area contributed by atoms with Gasteiger partial charge in [0.1, 0.15) is 5.75 Å². The average Bonchev–Trinajstić information content (AvgIpc) is 2.90. The third kappa shape index (κ3) is 2.46. The van der Waals surface area contributed by atoms with Crippen molar-refractivity contribution in [3.8, 4) is 5.75 Å². The van der Waals surface area contributed by atoms with E-state index in [4.69, 9.17) is 16.3 Å². The van der Waals surface area contributed by atoms with E-state index in [0.717, 1.165) is 21.3 Å². The quantitative estimate of drug-likeness (QED) is 0.516. The summed E-state index contributed by atoms with van der Waals surface area (Å²) >= 11 is 11.9. The summed E-state index contributed by atoms with van der Waals surface area (Å²) in [5, 5.41) is 3.21. The summed E-state index contributed by atoms with van der Waals surface area (Å²) in [5.41, 5.74) is 2.22. The number of methoxy groups -OCH3 is 1. The highest BCUT2D eigenvalue weighted by molar-refractivity contribution is 9.10. The number of ether oxygens (including phenoxy) is 1. The molecule has 0 aliphatic carbocycles. The summed E-state index contributed by atoms with van der Waals surface area (Å²) in [4.78, 5) is 0. The zero-order chi connectivity index (χ0) is 14.1. The molecule has 1 atom stereocenters. The van der Waals surface area contributed by atoms with Crippen LogP contribution in [0.2, 0.25) is 0 Å². The maximum absolute atomic E-state index is 6.66. The van der Waals surface area contributed by atoms with Crippen LogP contribution in [0.3, 0.4) is 0 Å². The Labute approximate surface area is 135 Å². The Morgan fingerprint density at radius 3 is 2.75 bits per heavy atom. The molecule has 2 aromatic carbocycles. The zero-order valence-corrected chi connectivity index (χ0v) is 13.9. The van der Waals surface area contributed by atoms with Crippen molar-refractivity contribution in [2.75, 3.05) is 7.11 Å². The van der Waals surface area contributed by atoms with Crippen LogP contribution in [0.5, 0.6) is 5.75 Å². The second kappa shape index (κ2) is 5.76. The molecule has 0 spiro atoms. The Morgan fingerprint density at radius 1 is 1.20 bits per heavy atom. The molecule has 0 aliphatic heterocycles. The number of thiophene rings is 1. The molecule has 0 bridgehead atoms. The van der Waals surface area contributed by atoms with Crippen LogP contribution < -0.4 is 4.74 Å². The minimum Gasteiger partial charge on any atom is -0.496 e. The van der Waals surface area contributed by atoms with Crippen LogP contribution >= 0.6 is 38.9 Å². The smallest absolute Gasteiger partial charge is 0.133 e. The van der Waals surface area contributed by atoms with Crippen LogP contribution in [0, 0.1) is 0 Å². The largest absolute Gasteiger partial charge is 0.496 e. The van der Waals surface area contributed by atoms with Crippen molar-refractivity contribution in [2.45, 2.75) is 5.38 Å². The van der Waals surface area contributed by atoms with Gasteiger partial charge in [0.05, 0.1) is 17.0 Å². The summed E-state index contributed by atoms with van der Waals surface area (Å²) in [7, 11) is 1.66. The predicted octanol–water partition coefficient (Wildman–Crippen LogP) is 6.00. The Balaban J connectivity index is 2.04. The van der Waals surface area contributed by atoms with Crippen molar-refractivity contribution in [2.24, 2.45) is 0 Å². The first-order valence-corrected chi connectivity index (χ1v) is 8.25. The van der Waals surface area contributed by atoms with E-state index in [1.807, 2.05) is 24.3 Å². The molecule has 0 N–H and O–H groups in total. The van der Waals surface area contributed by atoms with Gasteiger partial charge in [-0.3, -0.25) is 0 Å². The van der Waals surface area contributed by atoms with Crippen molar-refractivity contribution in [3.63, 3.8) is 0 Å². The van der Waals surface area contributed by atoms with Gasteiger partial charge in [-0.15, -0.1) is 22.9 Å². The second-order valence-electron chi connectivity index (χ2n) is 4.44. The molecule has 102 valence electrons. The Bertz CT molecular complexity index is 753. The number of halogens is 2. The van der Waals surface area contributed by atoms with Gasteiger partial charge in [0.15, 0.2) is 0 Å². The SMILES string of the molecule is COc1ccc(C(Cl)c2csc3ccccc23)cc1Br. The third-order valence-electron chi connectivity index (χ3n) is 3.25. The van der Waals surface area contributed by atoms with Gasteiger partial charge in [-0.05, 0) is 56.0 Å². The van der Waals surface area contributed by atoms with Gasteiger partial charge >= 0.3 is 0 Å². The van der Waals surface area contributed by atoms with Crippen LogP contribution in [-0.2, 0) is 0 Å². The molecule has 0 saturated heterocycles. The van der Waals surface area contributed by atoms with E-state index >= 15 is 0 Å². The number of hydrogen-bond acceptors (Lipinski definition) is 2. The lowest BCUT2D eigenvalue weighted by molar-refractivity contribution is 0.412. The molecule has 0 aliphatic rings. The summed E-state index contributed by atoms with van der Waals surface area (Å²) in [6.45, 7) is 0. The maximum Gasteiger partial charge on any atom is 0.133 e. The standard InChI is InChI=1S/C16H12BrClOS/c1-19-14-7-6-10(8-13(14)17)16(18)12-9-20-15-5-3-2-4-11(12)15/h2-9,16H,1H3. The molecule has 1 nitrogen and oxygen atoms in total. The van der Waals surface area contributed by atoms with E-state index in [2.05, 4.69) is 39.5 Å². The summed E-state index contributed by atoms with van der Waals surface area (Å²) in [6.07, 6.45) is 0. The molecule has 0 fully saturated rings. The highest BCUT2D eigenvalue weighted by Crippen LogP contribution is 2.39. The molecule has 20 heavy (non-hydrogen) atoms. The molecule has 3 rings (SSSR count). The van der Waals surface area contributed by atoms with E-state index < -0.39 is 0 Å². The number of hydrogen-bond donors (Lipinski definition) is 0. The Morgan fingerprint density at radius 2 is 2.00 bits per heavy atom. The fraction of sp³-hybridized carbons (Fsp3) is 0.125. The number of rotatable bonds is 3. The topological polar surface area (TPSA) is 9.23 Å². The molecule has 4 heteroatoms. The molecule has 0 saturated carbocycles. The highest BCUT2D eigenvalue weighted by Gasteiger charge is 2.16. The molecular formula is C16H12BrClOS. The van der Waals surface area contributed by atoms with Gasteiger partial charge in [-0.1, -0.05) is 24.3 Å². The van der Waals surface area contributed by atoms with Crippen molar-refractivity contribution >= 4 is 49.0 Å². The molecule has 3 aromatic rings. The number of benzene rings is 2. The Hall–Kier alpha value is -1.03. The van der Waals surface area contributed by atoms with Gasteiger partial charge in [0, 0.05) is 4.70 Å². The minimum absolute atomic E-state index is 0.159. The highest BCUT2D eigenvalue weighted by atomic mass is 79.9. The lowest BCUT2D eigenvalue weighted by Gasteiger charge is -2.11. The number of fused-ring (bicyclic) bond motifs is 1. The first kappa shape index (κ1) is 13.9. The van der Waals surface area contributed by atoms with E-state index in [9.17, 15) is 0 Å². The van der Waals surface area contributed by atoms with E-state index in [1.54, 1.807) is 18.4 Å². The number of alkyl halides is 1. The second-order valence-corrected chi connectivity index (χ2v) is 6.65. The predicted molar refractivity (Wildman–Crippen MR) is 90.2 cm³/mol.